The van der Waals surface area contributed by atoms with Gasteiger partial charge in [0.05, 0.1) is 0 Å². The van der Waals surface area contributed by atoms with Gasteiger partial charge in [-0.15, -0.1) is 0 Å². The van der Waals surface area contributed by atoms with Gasteiger partial charge in [0, 0.05) is 12.3 Å². The number of aliphatic hydroxyl groups is 1. The van der Waals surface area contributed by atoms with Crippen molar-refractivity contribution in [3.05, 3.63) is 12.2 Å². The van der Waals surface area contributed by atoms with Crippen molar-refractivity contribution in [2.45, 2.75) is 63.5 Å². The molecule has 1 N–H and O–H groups in total. The lowest BCUT2D eigenvalue weighted by Gasteiger charge is -2.56. The lowest BCUT2D eigenvalue weighted by Crippen LogP contribution is -2.64. The average molecular weight is 266 g/mol. The highest BCUT2D eigenvalue weighted by molar-refractivity contribution is 5.23. The third-order valence-corrected chi connectivity index (χ3v) is 5.77. The molecule has 1 aliphatic carbocycles. The molecular weight excluding hydrogens is 244 g/mol. The molecule has 1 saturated carbocycles. The fraction of sp³-hybridized carbons (Fsp3) is 0.867. The minimum absolute atomic E-state index is 0.157. The van der Waals surface area contributed by atoms with Crippen LogP contribution in [0.2, 0.25) is 0 Å². The van der Waals surface area contributed by atoms with Crippen molar-refractivity contribution in [1.82, 2.24) is 0 Å². The monoisotopic (exact) mass is 266 g/mol. The maximum atomic E-state index is 10.0. The molecule has 3 heterocycles. The van der Waals surface area contributed by atoms with E-state index in [4.69, 9.17) is 14.2 Å². The topological polar surface area (TPSA) is 47.9 Å². The molecule has 106 valence electrons. The summed E-state index contributed by atoms with van der Waals surface area (Å²) in [5.41, 5.74) is 0.351. The molecule has 0 aromatic heterocycles. The van der Waals surface area contributed by atoms with Crippen LogP contribution >= 0.6 is 0 Å². The van der Waals surface area contributed by atoms with Crippen LogP contribution in [0.5, 0.6) is 0 Å². The summed E-state index contributed by atoms with van der Waals surface area (Å²) in [5, 5.41) is 10.0. The summed E-state index contributed by atoms with van der Waals surface area (Å²) in [7, 11) is 0. The van der Waals surface area contributed by atoms with E-state index in [1.165, 1.54) is 0 Å². The van der Waals surface area contributed by atoms with E-state index in [9.17, 15) is 5.11 Å². The Bertz CT molecular complexity index is 436. The van der Waals surface area contributed by atoms with Crippen LogP contribution in [-0.2, 0) is 14.2 Å². The van der Waals surface area contributed by atoms with Crippen molar-refractivity contribution < 1.29 is 19.3 Å². The molecule has 7 atom stereocenters. The zero-order valence-electron chi connectivity index (χ0n) is 11.6. The molecule has 0 radical (unpaired) electrons. The quantitative estimate of drug-likeness (QED) is 0.683. The van der Waals surface area contributed by atoms with Crippen LogP contribution in [0.3, 0.4) is 0 Å². The number of hydrogen-bond acceptors (Lipinski definition) is 4. The normalized spacial score (nSPS) is 59.9. The average Bonchev–Trinajstić information content (AvgIpc) is 2.56. The third kappa shape index (κ3) is 1.38. The first-order valence-corrected chi connectivity index (χ1v) is 7.36. The molecule has 4 aliphatic rings. The maximum Gasteiger partial charge on any atom is 0.194 e. The summed E-state index contributed by atoms with van der Waals surface area (Å²) in [6.45, 7) is 8.34. The SMILES string of the molecule is C=C1C(O)OC2OC3(C)CCC4C(C)CCC1C24O3. The van der Waals surface area contributed by atoms with Crippen molar-refractivity contribution in [3.8, 4) is 0 Å². The molecule has 4 rings (SSSR count). The van der Waals surface area contributed by atoms with E-state index < -0.39 is 24.0 Å². The molecule has 4 nitrogen and oxygen atoms in total. The van der Waals surface area contributed by atoms with Crippen LogP contribution in [0, 0.1) is 17.8 Å². The van der Waals surface area contributed by atoms with Crippen LogP contribution in [-0.4, -0.2) is 29.1 Å². The van der Waals surface area contributed by atoms with Crippen molar-refractivity contribution in [3.63, 3.8) is 0 Å². The van der Waals surface area contributed by atoms with Gasteiger partial charge < -0.3 is 19.3 Å². The highest BCUT2D eigenvalue weighted by atomic mass is 16.9. The smallest absolute Gasteiger partial charge is 0.194 e. The van der Waals surface area contributed by atoms with Crippen LogP contribution in [0.1, 0.15) is 39.5 Å². The lowest BCUT2D eigenvalue weighted by atomic mass is 9.58. The summed E-state index contributed by atoms with van der Waals surface area (Å²) < 4.78 is 18.1. The molecule has 19 heavy (non-hydrogen) atoms. The maximum absolute atomic E-state index is 10.0. The van der Waals surface area contributed by atoms with Crippen molar-refractivity contribution >= 4 is 0 Å². The van der Waals surface area contributed by atoms with Crippen LogP contribution in [0.25, 0.3) is 0 Å². The number of rotatable bonds is 0. The largest absolute Gasteiger partial charge is 0.364 e. The van der Waals surface area contributed by atoms with Crippen molar-refractivity contribution in [2.24, 2.45) is 17.8 Å². The Balaban J connectivity index is 1.84. The van der Waals surface area contributed by atoms with Crippen LogP contribution < -0.4 is 0 Å². The van der Waals surface area contributed by atoms with Gasteiger partial charge in [-0.2, -0.15) is 0 Å². The Morgan fingerprint density at radius 2 is 2.11 bits per heavy atom. The van der Waals surface area contributed by atoms with E-state index >= 15 is 0 Å². The molecule has 1 spiro atoms. The number of fused-ring (bicyclic) bond motifs is 1. The Kier molecular flexibility index (Phi) is 2.34. The van der Waals surface area contributed by atoms with Gasteiger partial charge in [0.15, 0.2) is 18.4 Å². The van der Waals surface area contributed by atoms with Crippen molar-refractivity contribution in [2.75, 3.05) is 0 Å². The molecule has 2 bridgehead atoms. The highest BCUT2D eigenvalue weighted by Gasteiger charge is 2.70. The van der Waals surface area contributed by atoms with E-state index in [0.29, 0.717) is 11.8 Å². The molecule has 0 amide bonds. The first-order valence-electron chi connectivity index (χ1n) is 7.36. The van der Waals surface area contributed by atoms with Gasteiger partial charge in [0.2, 0.25) is 0 Å². The summed E-state index contributed by atoms with van der Waals surface area (Å²) >= 11 is 0. The Morgan fingerprint density at radius 3 is 2.89 bits per heavy atom. The van der Waals surface area contributed by atoms with E-state index in [-0.39, 0.29) is 5.92 Å². The minimum atomic E-state index is -0.916. The third-order valence-electron chi connectivity index (χ3n) is 5.77. The second-order valence-corrected chi connectivity index (χ2v) is 6.85. The number of hydrogen-bond donors (Lipinski definition) is 1. The summed E-state index contributed by atoms with van der Waals surface area (Å²) in [4.78, 5) is 0. The fourth-order valence-corrected chi connectivity index (χ4v) is 4.83. The van der Waals surface area contributed by atoms with E-state index in [0.717, 1.165) is 31.3 Å². The van der Waals surface area contributed by atoms with E-state index in [1.54, 1.807) is 0 Å². The summed E-state index contributed by atoms with van der Waals surface area (Å²) in [6, 6.07) is 0. The minimum Gasteiger partial charge on any atom is -0.364 e. The van der Waals surface area contributed by atoms with E-state index in [1.807, 2.05) is 6.92 Å². The molecule has 7 unspecified atom stereocenters. The molecule has 3 aliphatic heterocycles. The van der Waals surface area contributed by atoms with Gasteiger partial charge in [0.1, 0.15) is 5.60 Å². The number of ether oxygens (including phenoxy) is 3. The summed E-state index contributed by atoms with van der Waals surface area (Å²) in [5.74, 6) is 0.651. The molecule has 0 aromatic rings. The Labute approximate surface area is 113 Å². The van der Waals surface area contributed by atoms with Gasteiger partial charge in [0.25, 0.3) is 0 Å². The predicted molar refractivity (Wildman–Crippen MR) is 67.9 cm³/mol. The molecule has 0 aromatic carbocycles. The molecule has 4 fully saturated rings. The Morgan fingerprint density at radius 1 is 1.32 bits per heavy atom. The van der Waals surface area contributed by atoms with Crippen molar-refractivity contribution in [1.29, 1.82) is 0 Å². The van der Waals surface area contributed by atoms with Crippen LogP contribution in [0.15, 0.2) is 12.2 Å². The van der Waals surface area contributed by atoms with Gasteiger partial charge in [-0.05, 0) is 43.6 Å². The van der Waals surface area contributed by atoms with Gasteiger partial charge in [-0.3, -0.25) is 0 Å². The predicted octanol–water partition coefficient (Wildman–Crippen LogP) is 2.18. The van der Waals surface area contributed by atoms with Crippen LogP contribution in [0.4, 0.5) is 0 Å². The first-order chi connectivity index (χ1) is 8.96. The number of aliphatic hydroxyl groups excluding tert-OH is 1. The lowest BCUT2D eigenvalue weighted by molar-refractivity contribution is -0.280. The second-order valence-electron chi connectivity index (χ2n) is 6.85. The zero-order valence-corrected chi connectivity index (χ0v) is 11.6. The molecule has 4 heteroatoms. The van der Waals surface area contributed by atoms with Gasteiger partial charge in [-0.25, -0.2) is 0 Å². The zero-order chi connectivity index (χ0) is 13.4. The van der Waals surface area contributed by atoms with Gasteiger partial charge in [-0.1, -0.05) is 13.5 Å². The fourth-order valence-electron chi connectivity index (χ4n) is 4.83. The highest BCUT2D eigenvalue weighted by Crippen LogP contribution is 2.62. The Hall–Kier alpha value is -0.420. The molecular formula is C15H22O4. The summed E-state index contributed by atoms with van der Waals surface area (Å²) in [6.07, 6.45) is 2.82. The van der Waals surface area contributed by atoms with Gasteiger partial charge >= 0.3 is 0 Å². The van der Waals surface area contributed by atoms with E-state index in [2.05, 4.69) is 13.5 Å². The second kappa shape index (κ2) is 3.61. The first kappa shape index (κ1) is 12.3. The standard InChI is InChI=1S/C15H22O4/c1-8-4-5-11-9(2)12(16)17-13-15(11)10(8)6-7-14(3,18-13)19-15/h8,10-13,16H,2,4-7H2,1,3H3. The molecule has 3 saturated heterocycles.